The lowest BCUT2D eigenvalue weighted by Crippen LogP contribution is -2.44. The molecule has 3 amide bonds. The van der Waals surface area contributed by atoms with Crippen LogP contribution in [0.3, 0.4) is 0 Å². The fraction of sp³-hybridized carbons (Fsp3) is 0.474. The van der Waals surface area contributed by atoms with Gasteiger partial charge in [0.1, 0.15) is 17.8 Å². The first kappa shape index (κ1) is 18.3. The van der Waals surface area contributed by atoms with Gasteiger partial charge in [0.25, 0.3) is 5.91 Å². The number of nitrogens with zero attached hydrogens (tertiary/aromatic N) is 2. The number of furan rings is 1. The van der Waals surface area contributed by atoms with Gasteiger partial charge in [0, 0.05) is 19.0 Å². The number of rotatable bonds is 7. The van der Waals surface area contributed by atoms with Crippen molar-refractivity contribution in [3.63, 3.8) is 0 Å². The maximum Gasteiger partial charge on any atom is 0.325 e. The predicted octanol–water partition coefficient (Wildman–Crippen LogP) is 2.62. The summed E-state index contributed by atoms with van der Waals surface area (Å²) in [7, 11) is 0. The van der Waals surface area contributed by atoms with Crippen molar-refractivity contribution in [1.82, 2.24) is 15.4 Å². The van der Waals surface area contributed by atoms with Crippen molar-refractivity contribution in [1.29, 1.82) is 0 Å². The van der Waals surface area contributed by atoms with Gasteiger partial charge in [-0.3, -0.25) is 14.5 Å². The van der Waals surface area contributed by atoms with Crippen LogP contribution in [0.5, 0.6) is 0 Å². The summed E-state index contributed by atoms with van der Waals surface area (Å²) in [6, 6.07) is 4.74. The number of hydrogen-bond donors (Lipinski definition) is 1. The van der Waals surface area contributed by atoms with Gasteiger partial charge in [0.05, 0.1) is 6.26 Å². The molecule has 2 aromatic rings. The van der Waals surface area contributed by atoms with Crippen LogP contribution in [0, 0.1) is 0 Å². The van der Waals surface area contributed by atoms with Crippen molar-refractivity contribution in [2.75, 3.05) is 6.54 Å². The third-order valence-corrected chi connectivity index (χ3v) is 5.17. The minimum Gasteiger partial charge on any atom is -0.461 e. The molecule has 2 aliphatic rings. The second-order valence-electron chi connectivity index (χ2n) is 7.10. The number of carbonyl (C=O) groups is 3. The summed E-state index contributed by atoms with van der Waals surface area (Å²) in [5, 5.41) is 6.65. The largest absolute Gasteiger partial charge is 0.461 e. The highest BCUT2D eigenvalue weighted by molar-refractivity contribution is 6.07. The van der Waals surface area contributed by atoms with E-state index >= 15 is 0 Å². The topological polar surface area (TPSA) is 115 Å². The summed E-state index contributed by atoms with van der Waals surface area (Å²) in [6.07, 6.45) is 5.24. The van der Waals surface area contributed by atoms with Crippen LogP contribution in [-0.4, -0.2) is 40.0 Å². The highest BCUT2D eigenvalue weighted by Gasteiger charge is 2.52. The molecule has 28 heavy (non-hydrogen) atoms. The molecular weight excluding hydrogens is 366 g/mol. The average molecular weight is 387 g/mol. The molecule has 1 aliphatic carbocycles. The second kappa shape index (κ2) is 7.49. The zero-order chi connectivity index (χ0) is 19.6. The molecular formula is C19H21N3O6. The van der Waals surface area contributed by atoms with Crippen LogP contribution in [0.4, 0.5) is 4.79 Å². The molecule has 3 heterocycles. The van der Waals surface area contributed by atoms with E-state index < -0.39 is 11.5 Å². The number of carbonyl (C=O) groups excluding carboxylic acids is 3. The van der Waals surface area contributed by atoms with Crippen LogP contribution < -0.4 is 5.32 Å². The quantitative estimate of drug-likeness (QED) is 0.573. The molecule has 0 unspecified atom stereocenters. The molecule has 0 bridgehead atoms. The standard InChI is InChI=1S/C19H21N3O6/c23-16(27-12-13-11-15(28-21-13)14-5-4-10-26-14)6-3-9-22-17(24)19(20-18(22)25)7-1-2-8-19/h4-5,10-11H,1-3,6-9,12H2,(H,20,25). The molecule has 9 nitrogen and oxygen atoms in total. The molecule has 1 spiro atoms. The van der Waals surface area contributed by atoms with Gasteiger partial charge in [-0.25, -0.2) is 4.79 Å². The van der Waals surface area contributed by atoms with Crippen molar-refractivity contribution >= 4 is 17.9 Å². The van der Waals surface area contributed by atoms with E-state index in [-0.39, 0.29) is 31.5 Å². The predicted molar refractivity (Wildman–Crippen MR) is 94.7 cm³/mol. The summed E-state index contributed by atoms with van der Waals surface area (Å²) >= 11 is 0. The number of esters is 1. The van der Waals surface area contributed by atoms with Gasteiger partial charge in [-0.15, -0.1) is 0 Å². The number of aromatic nitrogens is 1. The third kappa shape index (κ3) is 3.51. The molecule has 0 aromatic carbocycles. The molecule has 1 aliphatic heterocycles. The fourth-order valence-corrected chi connectivity index (χ4v) is 3.72. The van der Waals surface area contributed by atoms with E-state index in [1.165, 1.54) is 11.2 Å². The van der Waals surface area contributed by atoms with Crippen LogP contribution >= 0.6 is 0 Å². The number of ether oxygens (including phenoxy) is 1. The lowest BCUT2D eigenvalue weighted by molar-refractivity contribution is -0.145. The van der Waals surface area contributed by atoms with Crippen LogP contribution in [0.2, 0.25) is 0 Å². The normalized spacial score (nSPS) is 18.1. The molecule has 9 heteroatoms. The third-order valence-electron chi connectivity index (χ3n) is 5.17. The van der Waals surface area contributed by atoms with Crippen molar-refractivity contribution in [3.05, 3.63) is 30.2 Å². The van der Waals surface area contributed by atoms with E-state index in [9.17, 15) is 14.4 Å². The Morgan fingerprint density at radius 3 is 2.86 bits per heavy atom. The lowest BCUT2D eigenvalue weighted by Gasteiger charge is -2.19. The van der Waals surface area contributed by atoms with Gasteiger partial charge in [-0.1, -0.05) is 18.0 Å². The van der Waals surface area contributed by atoms with Gasteiger partial charge < -0.3 is 19.0 Å². The smallest absolute Gasteiger partial charge is 0.325 e. The van der Waals surface area contributed by atoms with Crippen molar-refractivity contribution in [2.24, 2.45) is 0 Å². The van der Waals surface area contributed by atoms with Gasteiger partial charge in [-0.2, -0.15) is 0 Å². The van der Waals surface area contributed by atoms with Gasteiger partial charge in [-0.05, 0) is 31.4 Å². The lowest BCUT2D eigenvalue weighted by atomic mass is 9.98. The van der Waals surface area contributed by atoms with Gasteiger partial charge in [0.2, 0.25) is 5.76 Å². The Bertz CT molecular complexity index is 866. The molecule has 1 saturated carbocycles. The Morgan fingerprint density at radius 2 is 2.11 bits per heavy atom. The number of imide groups is 1. The molecule has 2 aromatic heterocycles. The number of amides is 3. The first-order valence-electron chi connectivity index (χ1n) is 9.37. The number of hydrogen-bond acceptors (Lipinski definition) is 7. The van der Waals surface area contributed by atoms with Crippen LogP contribution in [-0.2, 0) is 20.9 Å². The highest BCUT2D eigenvalue weighted by atomic mass is 16.5. The first-order chi connectivity index (χ1) is 13.6. The van der Waals surface area contributed by atoms with E-state index in [4.69, 9.17) is 13.7 Å². The minimum absolute atomic E-state index is 0.0186. The van der Waals surface area contributed by atoms with E-state index in [0.717, 1.165) is 12.8 Å². The maximum atomic E-state index is 12.5. The zero-order valence-electron chi connectivity index (χ0n) is 15.3. The van der Waals surface area contributed by atoms with E-state index in [1.807, 2.05) is 0 Å². The number of nitrogens with one attached hydrogen (secondary N) is 1. The molecule has 0 atom stereocenters. The molecule has 1 N–H and O–H groups in total. The van der Waals surface area contributed by atoms with E-state index in [2.05, 4.69) is 10.5 Å². The Balaban J connectivity index is 1.21. The van der Waals surface area contributed by atoms with Gasteiger partial charge in [0.15, 0.2) is 5.76 Å². The Morgan fingerprint density at radius 1 is 1.29 bits per heavy atom. The van der Waals surface area contributed by atoms with Crippen LogP contribution in [0.25, 0.3) is 11.5 Å². The fourth-order valence-electron chi connectivity index (χ4n) is 3.72. The zero-order valence-corrected chi connectivity index (χ0v) is 15.3. The summed E-state index contributed by atoms with van der Waals surface area (Å²) in [6.45, 7) is 0.184. The second-order valence-corrected chi connectivity index (χ2v) is 7.10. The Labute approximate surface area is 161 Å². The van der Waals surface area contributed by atoms with E-state index in [0.29, 0.717) is 36.5 Å². The summed E-state index contributed by atoms with van der Waals surface area (Å²) in [5.41, 5.74) is -0.243. The number of urea groups is 1. The van der Waals surface area contributed by atoms with E-state index in [1.54, 1.807) is 18.2 Å². The molecule has 0 radical (unpaired) electrons. The van der Waals surface area contributed by atoms with Gasteiger partial charge >= 0.3 is 12.0 Å². The minimum atomic E-state index is -0.712. The highest BCUT2D eigenvalue weighted by Crippen LogP contribution is 2.35. The van der Waals surface area contributed by atoms with Crippen LogP contribution in [0.1, 0.15) is 44.2 Å². The SMILES string of the molecule is O=C(CCCN1C(=O)NC2(CCCC2)C1=O)OCc1cc(-c2ccco2)on1. The molecule has 1 saturated heterocycles. The van der Waals surface area contributed by atoms with Crippen molar-refractivity contribution in [3.8, 4) is 11.5 Å². The van der Waals surface area contributed by atoms with Crippen molar-refractivity contribution in [2.45, 2.75) is 50.7 Å². The Hall–Kier alpha value is -3.10. The first-order valence-corrected chi connectivity index (χ1v) is 9.37. The average Bonchev–Trinajstić information content (AvgIpc) is 3.46. The maximum absolute atomic E-state index is 12.5. The Kier molecular flexibility index (Phi) is 4.89. The van der Waals surface area contributed by atoms with Crippen molar-refractivity contribution < 1.29 is 28.1 Å². The monoisotopic (exact) mass is 387 g/mol. The summed E-state index contributed by atoms with van der Waals surface area (Å²) < 4.78 is 15.5. The molecule has 148 valence electrons. The summed E-state index contributed by atoms with van der Waals surface area (Å²) in [4.78, 5) is 37.8. The van der Waals surface area contributed by atoms with Crippen LogP contribution in [0.15, 0.2) is 33.4 Å². The summed E-state index contributed by atoms with van der Waals surface area (Å²) in [5.74, 6) is 0.399. The molecule has 4 rings (SSSR count). The molecule has 2 fully saturated rings.